The maximum atomic E-state index is 14.4. The molecule has 0 amide bonds. The van der Waals surface area contributed by atoms with Crippen LogP contribution >= 0.6 is 11.6 Å². The van der Waals surface area contributed by atoms with Crippen LogP contribution < -0.4 is 11.3 Å². The maximum Gasteiger partial charge on any atom is 0.436 e. The van der Waals surface area contributed by atoms with Gasteiger partial charge in [-0.1, -0.05) is 16.8 Å². The van der Waals surface area contributed by atoms with Gasteiger partial charge in [-0.2, -0.15) is 17.6 Å². The van der Waals surface area contributed by atoms with Gasteiger partial charge in [0, 0.05) is 28.3 Å². The minimum absolute atomic E-state index is 0.0568. The van der Waals surface area contributed by atoms with Gasteiger partial charge < -0.3 is 15.3 Å². The van der Waals surface area contributed by atoms with Crippen LogP contribution in [0.4, 0.5) is 23.4 Å². The van der Waals surface area contributed by atoms with E-state index in [0.29, 0.717) is 27.7 Å². The largest absolute Gasteiger partial charge is 0.436 e. The zero-order chi connectivity index (χ0) is 27.9. The first-order valence-electron chi connectivity index (χ1n) is 12.1. The summed E-state index contributed by atoms with van der Waals surface area (Å²) in [5.74, 6) is 0.0337. The summed E-state index contributed by atoms with van der Waals surface area (Å²) in [6, 6.07) is 10.5. The molecule has 7 rings (SSSR count). The van der Waals surface area contributed by atoms with Crippen molar-refractivity contribution in [2.24, 2.45) is 5.92 Å². The number of anilines is 1. The van der Waals surface area contributed by atoms with Crippen molar-refractivity contribution in [2.75, 3.05) is 5.73 Å². The van der Waals surface area contributed by atoms with Gasteiger partial charge in [0.15, 0.2) is 5.69 Å². The van der Waals surface area contributed by atoms with Crippen molar-refractivity contribution >= 4 is 17.4 Å². The summed E-state index contributed by atoms with van der Waals surface area (Å²) in [7, 11) is 0. The summed E-state index contributed by atoms with van der Waals surface area (Å²) in [6.45, 7) is 0. The van der Waals surface area contributed by atoms with Crippen LogP contribution in [0.3, 0.4) is 0 Å². The Balaban J connectivity index is 1.29. The van der Waals surface area contributed by atoms with E-state index in [9.17, 15) is 22.4 Å². The number of imidazole rings is 1. The summed E-state index contributed by atoms with van der Waals surface area (Å²) in [4.78, 5) is 24.8. The quantitative estimate of drug-likeness (QED) is 0.233. The SMILES string of the molecule is Nc1ccc(-c2cnc(C3C4CC4c4cc(-c5cc(Cl)ccc5-n5cc(C(F)(F)F)nn5)cc(=O)n43)[nH]2)c(F)n1. The molecule has 0 bridgehead atoms. The van der Waals surface area contributed by atoms with Gasteiger partial charge in [0.25, 0.3) is 5.56 Å². The first kappa shape index (κ1) is 24.5. The summed E-state index contributed by atoms with van der Waals surface area (Å²) in [6.07, 6.45) is -1.56. The minimum atomic E-state index is -4.66. The third-order valence-corrected chi connectivity index (χ3v) is 7.57. The van der Waals surface area contributed by atoms with Gasteiger partial charge in [0.2, 0.25) is 5.95 Å². The number of benzene rings is 1. The normalized spacial score (nSPS) is 19.5. The van der Waals surface area contributed by atoms with E-state index < -0.39 is 17.8 Å². The van der Waals surface area contributed by atoms with E-state index in [1.54, 1.807) is 10.6 Å². The van der Waals surface area contributed by atoms with Crippen LogP contribution in [0.1, 0.15) is 35.6 Å². The lowest BCUT2D eigenvalue weighted by atomic mass is 10.0. The van der Waals surface area contributed by atoms with Crippen LogP contribution in [0.25, 0.3) is 28.1 Å². The number of halogens is 5. The topological polar surface area (TPSA) is 120 Å². The highest BCUT2D eigenvalue weighted by Gasteiger charge is 2.54. The van der Waals surface area contributed by atoms with Gasteiger partial charge in [-0.3, -0.25) is 4.79 Å². The second kappa shape index (κ2) is 8.49. The smallest absolute Gasteiger partial charge is 0.384 e. The molecule has 3 N–H and O–H groups in total. The Kier molecular flexibility index (Phi) is 5.20. The number of alkyl halides is 3. The van der Waals surface area contributed by atoms with E-state index in [1.807, 2.05) is 6.07 Å². The molecule has 0 spiro atoms. The number of fused-ring (bicyclic) bond motifs is 3. The van der Waals surface area contributed by atoms with Crippen molar-refractivity contribution in [3.63, 3.8) is 0 Å². The number of nitrogens with two attached hydrogens (primary N) is 1. The molecule has 2 aliphatic rings. The molecule has 1 fully saturated rings. The minimum Gasteiger partial charge on any atom is -0.384 e. The number of pyridine rings is 2. The predicted octanol–water partition coefficient (Wildman–Crippen LogP) is 4.98. The lowest BCUT2D eigenvalue weighted by Gasteiger charge is -2.18. The van der Waals surface area contributed by atoms with Crippen LogP contribution in [0.5, 0.6) is 0 Å². The molecule has 202 valence electrons. The number of hydrogen-bond donors (Lipinski definition) is 2. The second-order valence-electron chi connectivity index (χ2n) is 9.79. The third kappa shape index (κ3) is 3.87. The Morgan fingerprint density at radius 2 is 1.93 bits per heavy atom. The van der Waals surface area contributed by atoms with Gasteiger partial charge >= 0.3 is 6.18 Å². The van der Waals surface area contributed by atoms with Crippen molar-refractivity contribution in [1.29, 1.82) is 0 Å². The molecular formula is C26H17ClF4N8O. The number of nitrogens with zero attached hydrogens (tertiary/aromatic N) is 6. The molecule has 0 saturated heterocycles. The van der Waals surface area contributed by atoms with Crippen molar-refractivity contribution in [3.8, 4) is 28.1 Å². The van der Waals surface area contributed by atoms with Gasteiger partial charge in [0.05, 0.1) is 35.4 Å². The molecule has 1 aromatic carbocycles. The van der Waals surface area contributed by atoms with Crippen LogP contribution in [-0.2, 0) is 6.18 Å². The molecular weight excluding hydrogens is 552 g/mol. The van der Waals surface area contributed by atoms with E-state index in [2.05, 4.69) is 25.3 Å². The number of rotatable bonds is 4. The zero-order valence-corrected chi connectivity index (χ0v) is 20.9. The van der Waals surface area contributed by atoms with Gasteiger partial charge in [-0.05, 0) is 54.3 Å². The van der Waals surface area contributed by atoms with Gasteiger partial charge in [-0.25, -0.2) is 14.6 Å². The summed E-state index contributed by atoms with van der Waals surface area (Å²) >= 11 is 6.24. The van der Waals surface area contributed by atoms with Crippen LogP contribution in [-0.4, -0.2) is 34.5 Å². The summed E-state index contributed by atoms with van der Waals surface area (Å²) in [5, 5.41) is 7.22. The predicted molar refractivity (Wildman–Crippen MR) is 136 cm³/mol. The number of aromatic amines is 1. The van der Waals surface area contributed by atoms with Crippen LogP contribution in [0.2, 0.25) is 5.02 Å². The number of H-pyrrole nitrogens is 1. The van der Waals surface area contributed by atoms with Crippen LogP contribution in [0.15, 0.2) is 59.7 Å². The van der Waals surface area contributed by atoms with Crippen molar-refractivity contribution in [2.45, 2.75) is 24.6 Å². The highest BCUT2D eigenvalue weighted by Crippen LogP contribution is 2.60. The average Bonchev–Trinajstić information content (AvgIpc) is 3.22. The van der Waals surface area contributed by atoms with E-state index in [0.717, 1.165) is 23.0 Å². The highest BCUT2D eigenvalue weighted by atomic mass is 35.5. The molecule has 9 nitrogen and oxygen atoms in total. The number of nitrogen functional groups attached to an aromatic ring is 1. The molecule has 1 aliphatic heterocycles. The van der Waals surface area contributed by atoms with Crippen LogP contribution in [0, 0.1) is 11.9 Å². The highest BCUT2D eigenvalue weighted by molar-refractivity contribution is 6.31. The summed E-state index contributed by atoms with van der Waals surface area (Å²) < 4.78 is 56.5. The second-order valence-corrected chi connectivity index (χ2v) is 10.2. The fourth-order valence-corrected chi connectivity index (χ4v) is 5.66. The lowest BCUT2D eigenvalue weighted by Crippen LogP contribution is -2.26. The molecule has 3 unspecified atom stereocenters. The number of nitrogens with one attached hydrogen (secondary N) is 1. The molecule has 14 heteroatoms. The Labute approximate surface area is 227 Å². The Hall–Kier alpha value is -4.52. The zero-order valence-electron chi connectivity index (χ0n) is 20.2. The van der Waals surface area contributed by atoms with Crippen molar-refractivity contribution in [3.05, 3.63) is 93.4 Å². The van der Waals surface area contributed by atoms with Gasteiger partial charge in [0.1, 0.15) is 11.6 Å². The lowest BCUT2D eigenvalue weighted by molar-refractivity contribution is -0.141. The van der Waals surface area contributed by atoms with Gasteiger partial charge in [-0.15, -0.1) is 5.10 Å². The molecule has 5 heterocycles. The monoisotopic (exact) mass is 568 g/mol. The molecule has 5 aromatic rings. The molecule has 40 heavy (non-hydrogen) atoms. The average molecular weight is 569 g/mol. The van der Waals surface area contributed by atoms with E-state index in [4.69, 9.17) is 17.3 Å². The molecule has 0 radical (unpaired) electrons. The standard InChI is InChI=1S/C26H17ClF4N8O/c27-12-1-3-18(38-10-20(36-37-38)26(29,30)31)14(7-12)11-5-19-15-8-16(15)23(39(19)22(40)6-11)25-33-9-17(34-25)13-2-4-21(32)35-24(13)28/h1-7,9-10,15-16,23H,8H2,(H2,32,35)(H,33,34). The number of hydrogen-bond acceptors (Lipinski definition) is 6. The first-order valence-corrected chi connectivity index (χ1v) is 12.5. The Bertz CT molecular complexity index is 1880. The fraction of sp³-hybridized carbons (Fsp3) is 0.192. The fourth-order valence-electron chi connectivity index (χ4n) is 5.48. The Morgan fingerprint density at radius 3 is 2.67 bits per heavy atom. The number of aromatic nitrogens is 7. The molecule has 3 atom stereocenters. The van der Waals surface area contributed by atoms with E-state index in [1.165, 1.54) is 36.5 Å². The Morgan fingerprint density at radius 1 is 1.10 bits per heavy atom. The molecule has 4 aromatic heterocycles. The molecule has 1 aliphatic carbocycles. The first-order chi connectivity index (χ1) is 19.1. The molecule has 1 saturated carbocycles. The third-order valence-electron chi connectivity index (χ3n) is 7.34. The summed E-state index contributed by atoms with van der Waals surface area (Å²) in [5.41, 5.74) is 6.68. The van der Waals surface area contributed by atoms with E-state index >= 15 is 0 Å². The van der Waals surface area contributed by atoms with Crippen molar-refractivity contribution in [1.82, 2.24) is 34.5 Å². The van der Waals surface area contributed by atoms with Crippen molar-refractivity contribution < 1.29 is 17.6 Å². The maximum absolute atomic E-state index is 14.4. The van der Waals surface area contributed by atoms with E-state index in [-0.39, 0.29) is 40.5 Å².